The van der Waals surface area contributed by atoms with E-state index in [9.17, 15) is 14.9 Å². The lowest BCUT2D eigenvalue weighted by atomic mass is 10.2. The zero-order valence-corrected chi connectivity index (χ0v) is 19.0. The molecule has 0 aliphatic heterocycles. The molecule has 1 heterocycles. The van der Waals surface area contributed by atoms with E-state index in [1.54, 1.807) is 48.5 Å². The van der Waals surface area contributed by atoms with E-state index in [0.717, 1.165) is 12.0 Å². The average molecular weight is 484 g/mol. The van der Waals surface area contributed by atoms with Crippen LogP contribution in [-0.4, -0.2) is 27.9 Å². The van der Waals surface area contributed by atoms with E-state index in [4.69, 9.17) is 4.74 Å². The van der Waals surface area contributed by atoms with E-state index in [-0.39, 0.29) is 11.6 Å². The molecule has 0 saturated carbocycles. The summed E-state index contributed by atoms with van der Waals surface area (Å²) >= 11 is 0. The molecule has 1 amide bonds. The largest absolute Gasteiger partial charge is 0.497 e. The van der Waals surface area contributed by atoms with Gasteiger partial charge in [0.05, 0.1) is 23.4 Å². The Hall–Kier alpha value is -5.39. The summed E-state index contributed by atoms with van der Waals surface area (Å²) in [6, 6.07) is 22.4. The van der Waals surface area contributed by atoms with Crippen LogP contribution in [0.3, 0.4) is 0 Å². The zero-order valence-electron chi connectivity index (χ0n) is 19.0. The van der Waals surface area contributed by atoms with Gasteiger partial charge in [-0.2, -0.15) is 10.2 Å². The summed E-state index contributed by atoms with van der Waals surface area (Å²) in [5.74, 6) is -0.170. The number of carbonyl (C=O) groups excluding carboxylic acids is 1. The number of nitrogens with zero attached hydrogens (tertiary/aromatic N) is 5. The monoisotopic (exact) mass is 484 g/mol. The molecule has 0 radical (unpaired) electrons. The van der Waals surface area contributed by atoms with Crippen LogP contribution in [0.1, 0.15) is 10.4 Å². The van der Waals surface area contributed by atoms with Crippen LogP contribution in [0.15, 0.2) is 95.4 Å². The van der Waals surface area contributed by atoms with Crippen molar-refractivity contribution >= 4 is 40.3 Å². The third kappa shape index (κ3) is 5.94. The fourth-order valence-electron chi connectivity index (χ4n) is 3.02. The summed E-state index contributed by atoms with van der Waals surface area (Å²) in [5, 5.41) is 23.0. The Morgan fingerprint density at radius 2 is 1.53 bits per heavy atom. The Labute approximate surface area is 205 Å². The van der Waals surface area contributed by atoms with Crippen LogP contribution in [0, 0.1) is 10.1 Å². The molecule has 0 bridgehead atoms. The minimum atomic E-state index is -0.646. The molecule has 0 aliphatic rings. The average Bonchev–Trinajstić information content (AvgIpc) is 2.92. The highest BCUT2D eigenvalue weighted by Gasteiger charge is 2.23. The van der Waals surface area contributed by atoms with Gasteiger partial charge in [0, 0.05) is 11.3 Å². The molecular weight excluding hydrogens is 464 g/mol. The molecule has 0 aliphatic carbocycles. The van der Waals surface area contributed by atoms with Crippen molar-refractivity contribution in [3.8, 4) is 5.75 Å². The number of ether oxygens (including phenoxy) is 1. The Morgan fingerprint density at radius 1 is 0.889 bits per heavy atom. The van der Waals surface area contributed by atoms with Gasteiger partial charge < -0.3 is 10.1 Å². The molecule has 0 fully saturated rings. The fourth-order valence-corrected chi connectivity index (χ4v) is 3.02. The van der Waals surface area contributed by atoms with Gasteiger partial charge in [0.15, 0.2) is 0 Å². The fraction of sp³-hybridized carbons (Fsp3) is 0.0417. The van der Waals surface area contributed by atoms with Gasteiger partial charge in [-0.25, -0.2) is 9.97 Å². The molecule has 12 heteroatoms. The van der Waals surface area contributed by atoms with Gasteiger partial charge in [-0.1, -0.05) is 18.2 Å². The van der Waals surface area contributed by atoms with Crippen LogP contribution in [0.2, 0.25) is 0 Å². The molecule has 0 atom stereocenters. The summed E-state index contributed by atoms with van der Waals surface area (Å²) in [6.45, 7) is 0. The van der Waals surface area contributed by atoms with Crippen LogP contribution < -0.4 is 20.9 Å². The number of nitro groups is 1. The molecular formula is C24H20N8O4. The highest BCUT2D eigenvalue weighted by Crippen LogP contribution is 2.31. The first-order valence-electron chi connectivity index (χ1n) is 10.6. The van der Waals surface area contributed by atoms with Crippen molar-refractivity contribution in [2.75, 3.05) is 17.9 Å². The number of nitrogens with one attached hydrogen (secondary N) is 3. The normalized spacial score (nSPS) is 10.6. The van der Waals surface area contributed by atoms with E-state index in [0.29, 0.717) is 22.7 Å². The third-order valence-corrected chi connectivity index (χ3v) is 4.82. The van der Waals surface area contributed by atoms with Gasteiger partial charge in [0.2, 0.25) is 11.6 Å². The van der Waals surface area contributed by atoms with Crippen molar-refractivity contribution in [3.63, 3.8) is 0 Å². The van der Waals surface area contributed by atoms with Crippen LogP contribution >= 0.6 is 0 Å². The first-order valence-corrected chi connectivity index (χ1v) is 10.6. The molecule has 1 aromatic heterocycles. The van der Waals surface area contributed by atoms with E-state index in [2.05, 4.69) is 36.4 Å². The first-order chi connectivity index (χ1) is 17.5. The Bertz CT molecular complexity index is 1380. The number of azo groups is 1. The van der Waals surface area contributed by atoms with E-state index < -0.39 is 16.5 Å². The summed E-state index contributed by atoms with van der Waals surface area (Å²) in [7, 11) is 1.52. The van der Waals surface area contributed by atoms with Gasteiger partial charge in [-0.15, -0.1) is 0 Å². The number of hydrogen-bond acceptors (Lipinski definition) is 10. The Balaban J connectivity index is 1.46. The van der Waals surface area contributed by atoms with E-state index in [1.165, 1.54) is 7.11 Å². The zero-order chi connectivity index (χ0) is 25.3. The van der Waals surface area contributed by atoms with Gasteiger partial charge in [-0.3, -0.25) is 25.8 Å². The van der Waals surface area contributed by atoms with Gasteiger partial charge in [0.25, 0.3) is 5.91 Å². The molecule has 4 aromatic rings. The van der Waals surface area contributed by atoms with Crippen LogP contribution in [-0.2, 0) is 0 Å². The number of amides is 1. The number of hydrazine groups is 1. The Kier molecular flexibility index (Phi) is 7.36. The lowest BCUT2D eigenvalue weighted by molar-refractivity contribution is -0.383. The van der Waals surface area contributed by atoms with Crippen molar-refractivity contribution < 1.29 is 14.5 Å². The first kappa shape index (κ1) is 23.8. The van der Waals surface area contributed by atoms with Crippen LogP contribution in [0.4, 0.5) is 34.4 Å². The number of hydrogen-bond donors (Lipinski definition) is 3. The van der Waals surface area contributed by atoms with E-state index in [1.807, 2.05) is 30.3 Å². The molecule has 3 aromatic carbocycles. The summed E-state index contributed by atoms with van der Waals surface area (Å²) in [5.41, 5.74) is 6.63. The number of carbonyl (C=O) groups is 1. The standard InChI is InChI=1S/C24H20N8O4/c1-36-20-13-7-16(8-14-20)24(33)31-30-23-21(32(34)35)22(25-15-26-23)27-17-9-11-19(12-10-17)29-28-18-5-3-2-4-6-18/h2-15H,1H3,(H,31,33)(H2,25,26,27,30). The summed E-state index contributed by atoms with van der Waals surface area (Å²) < 4.78 is 5.06. The molecule has 4 rings (SSSR count). The van der Waals surface area contributed by atoms with Crippen molar-refractivity contribution in [2.45, 2.75) is 0 Å². The maximum atomic E-state index is 12.4. The SMILES string of the molecule is COc1ccc(C(=O)NNc2ncnc(Nc3ccc(N=Nc4ccccc4)cc3)c2[N+](=O)[O-])cc1. The number of methoxy groups -OCH3 is 1. The smallest absolute Gasteiger partial charge is 0.355 e. The molecule has 12 nitrogen and oxygen atoms in total. The molecule has 0 unspecified atom stereocenters. The predicted octanol–water partition coefficient (Wildman–Crippen LogP) is 5.31. The second kappa shape index (κ2) is 11.2. The molecule has 3 N–H and O–H groups in total. The maximum Gasteiger partial charge on any atom is 0.355 e. The quantitative estimate of drug-likeness (QED) is 0.164. The van der Waals surface area contributed by atoms with Crippen molar-refractivity contribution in [3.05, 3.63) is 101 Å². The summed E-state index contributed by atoms with van der Waals surface area (Å²) in [4.78, 5) is 31.4. The number of rotatable bonds is 9. The van der Waals surface area contributed by atoms with Crippen molar-refractivity contribution in [1.82, 2.24) is 15.4 Å². The number of benzene rings is 3. The lowest BCUT2D eigenvalue weighted by Crippen LogP contribution is -2.30. The highest BCUT2D eigenvalue weighted by molar-refractivity contribution is 5.95. The van der Waals surface area contributed by atoms with Crippen LogP contribution in [0.25, 0.3) is 0 Å². The predicted molar refractivity (Wildman–Crippen MR) is 133 cm³/mol. The van der Waals surface area contributed by atoms with Crippen molar-refractivity contribution in [2.24, 2.45) is 10.2 Å². The second-order valence-corrected chi connectivity index (χ2v) is 7.19. The topological polar surface area (TPSA) is 156 Å². The minimum Gasteiger partial charge on any atom is -0.497 e. The van der Waals surface area contributed by atoms with Gasteiger partial charge in [-0.05, 0) is 60.7 Å². The van der Waals surface area contributed by atoms with Crippen molar-refractivity contribution in [1.29, 1.82) is 0 Å². The molecule has 0 spiro atoms. The molecule has 0 saturated heterocycles. The second-order valence-electron chi connectivity index (χ2n) is 7.19. The lowest BCUT2D eigenvalue weighted by Gasteiger charge is -2.11. The summed E-state index contributed by atoms with van der Waals surface area (Å²) in [6.07, 6.45) is 1.14. The molecule has 36 heavy (non-hydrogen) atoms. The van der Waals surface area contributed by atoms with Crippen LogP contribution in [0.5, 0.6) is 5.75 Å². The molecule has 180 valence electrons. The Morgan fingerprint density at radius 3 is 2.17 bits per heavy atom. The van der Waals surface area contributed by atoms with Gasteiger partial charge >= 0.3 is 5.69 Å². The maximum absolute atomic E-state index is 12.4. The minimum absolute atomic E-state index is 0.0603. The third-order valence-electron chi connectivity index (χ3n) is 4.82. The highest BCUT2D eigenvalue weighted by atomic mass is 16.6. The van der Waals surface area contributed by atoms with E-state index >= 15 is 0 Å². The number of aromatic nitrogens is 2. The number of anilines is 3. The van der Waals surface area contributed by atoms with Gasteiger partial charge in [0.1, 0.15) is 12.1 Å².